The Morgan fingerprint density at radius 1 is 1.60 bits per heavy atom. The van der Waals surface area contributed by atoms with Crippen molar-refractivity contribution in [1.29, 1.82) is 0 Å². The molecule has 15 heavy (non-hydrogen) atoms. The van der Waals surface area contributed by atoms with Gasteiger partial charge in [-0.15, -0.1) is 0 Å². The van der Waals surface area contributed by atoms with Gasteiger partial charge in [-0.3, -0.25) is 0 Å². The number of carbonyl (C=O) groups is 1. The van der Waals surface area contributed by atoms with Crippen LogP contribution < -0.4 is 5.84 Å². The summed E-state index contributed by atoms with van der Waals surface area (Å²) >= 11 is 0. The molecule has 1 aliphatic heterocycles. The lowest BCUT2D eigenvalue weighted by Gasteiger charge is -2.25. The van der Waals surface area contributed by atoms with Crippen molar-refractivity contribution in [2.75, 3.05) is 19.8 Å². The molecular formula is C10H20N2O3. The average molecular weight is 216 g/mol. The van der Waals surface area contributed by atoms with Gasteiger partial charge < -0.3 is 9.47 Å². The molecule has 1 unspecified atom stereocenters. The van der Waals surface area contributed by atoms with Crippen LogP contribution in [0.25, 0.3) is 0 Å². The van der Waals surface area contributed by atoms with Crippen molar-refractivity contribution in [2.24, 2.45) is 11.8 Å². The third-order valence-corrected chi connectivity index (χ3v) is 2.11. The zero-order valence-electron chi connectivity index (χ0n) is 9.66. The fourth-order valence-electron chi connectivity index (χ4n) is 1.40. The van der Waals surface area contributed by atoms with Gasteiger partial charge in [-0.2, -0.15) is 0 Å². The second-order valence-electron chi connectivity index (χ2n) is 4.86. The molecule has 5 nitrogen and oxygen atoms in total. The van der Waals surface area contributed by atoms with Crippen LogP contribution in [0.2, 0.25) is 0 Å². The first-order chi connectivity index (χ1) is 6.88. The Bertz CT molecular complexity index is 219. The van der Waals surface area contributed by atoms with E-state index in [9.17, 15) is 4.79 Å². The Hall–Kier alpha value is -0.810. The maximum atomic E-state index is 11.5. The van der Waals surface area contributed by atoms with Crippen molar-refractivity contribution >= 4 is 6.09 Å². The third kappa shape index (κ3) is 4.48. The van der Waals surface area contributed by atoms with Gasteiger partial charge in [-0.05, 0) is 27.2 Å². The number of hydrazine groups is 1. The molecule has 1 atom stereocenters. The second-order valence-corrected chi connectivity index (χ2v) is 4.86. The lowest BCUT2D eigenvalue weighted by Crippen LogP contribution is -2.44. The maximum Gasteiger partial charge on any atom is 0.424 e. The highest BCUT2D eigenvalue weighted by Crippen LogP contribution is 2.14. The standard InChI is InChI=1S/C10H20N2O3/c1-10(2,3)15-9(13)12(11)6-8-4-5-14-7-8/h8H,4-7,11H2,1-3H3. The molecule has 1 rings (SSSR count). The molecule has 1 fully saturated rings. The second kappa shape index (κ2) is 4.81. The SMILES string of the molecule is CC(C)(C)OC(=O)N(N)CC1CCOC1. The van der Waals surface area contributed by atoms with Crippen molar-refractivity contribution in [3.05, 3.63) is 0 Å². The summed E-state index contributed by atoms with van der Waals surface area (Å²) in [6.07, 6.45) is 0.477. The highest BCUT2D eigenvalue weighted by Gasteiger charge is 2.24. The Morgan fingerprint density at radius 2 is 2.27 bits per heavy atom. The molecule has 88 valence electrons. The van der Waals surface area contributed by atoms with Crippen LogP contribution in [0.4, 0.5) is 4.79 Å². The van der Waals surface area contributed by atoms with E-state index in [4.69, 9.17) is 15.3 Å². The number of carbonyl (C=O) groups excluding carboxylic acids is 1. The van der Waals surface area contributed by atoms with Gasteiger partial charge in [0.1, 0.15) is 5.60 Å². The van der Waals surface area contributed by atoms with Crippen molar-refractivity contribution < 1.29 is 14.3 Å². The molecule has 5 heteroatoms. The molecule has 0 saturated carbocycles. The Labute approximate surface area is 90.5 Å². The van der Waals surface area contributed by atoms with E-state index in [0.717, 1.165) is 18.0 Å². The topological polar surface area (TPSA) is 64.8 Å². The summed E-state index contributed by atoms with van der Waals surface area (Å²) in [5.41, 5.74) is -0.499. The quantitative estimate of drug-likeness (QED) is 0.427. The highest BCUT2D eigenvalue weighted by molar-refractivity contribution is 5.67. The first kappa shape index (κ1) is 12.3. The zero-order chi connectivity index (χ0) is 11.5. The van der Waals surface area contributed by atoms with Crippen LogP contribution in [0.15, 0.2) is 0 Å². The van der Waals surface area contributed by atoms with Gasteiger partial charge in [0.05, 0.1) is 6.61 Å². The van der Waals surface area contributed by atoms with E-state index >= 15 is 0 Å². The lowest BCUT2D eigenvalue weighted by atomic mass is 10.1. The smallest absolute Gasteiger partial charge is 0.424 e. The van der Waals surface area contributed by atoms with Crippen molar-refractivity contribution in [3.63, 3.8) is 0 Å². The first-order valence-electron chi connectivity index (χ1n) is 5.21. The molecule has 0 radical (unpaired) electrons. The summed E-state index contributed by atoms with van der Waals surface area (Å²) in [4.78, 5) is 11.5. The van der Waals surface area contributed by atoms with E-state index in [-0.39, 0.29) is 0 Å². The maximum absolute atomic E-state index is 11.5. The predicted octanol–water partition coefficient (Wildman–Crippen LogP) is 1.13. The number of hydrogen-bond acceptors (Lipinski definition) is 4. The summed E-state index contributed by atoms with van der Waals surface area (Å²) in [7, 11) is 0. The fraction of sp³-hybridized carbons (Fsp3) is 0.900. The molecule has 0 aromatic heterocycles. The highest BCUT2D eigenvalue weighted by atomic mass is 16.6. The van der Waals surface area contributed by atoms with Gasteiger partial charge in [-0.1, -0.05) is 0 Å². The van der Waals surface area contributed by atoms with Crippen molar-refractivity contribution in [1.82, 2.24) is 5.01 Å². The van der Waals surface area contributed by atoms with E-state index in [1.54, 1.807) is 0 Å². The normalized spacial score (nSPS) is 21.5. The summed E-state index contributed by atoms with van der Waals surface area (Å²) in [6.45, 7) is 7.38. The Morgan fingerprint density at radius 3 is 2.73 bits per heavy atom. The average Bonchev–Trinajstić information content (AvgIpc) is 2.53. The van der Waals surface area contributed by atoms with Crippen LogP contribution in [0.5, 0.6) is 0 Å². The van der Waals surface area contributed by atoms with Crippen LogP contribution in [-0.2, 0) is 9.47 Å². The van der Waals surface area contributed by atoms with E-state index in [1.807, 2.05) is 20.8 Å². The lowest BCUT2D eigenvalue weighted by molar-refractivity contribution is 0.0214. The van der Waals surface area contributed by atoms with Gasteiger partial charge in [0, 0.05) is 19.1 Å². The minimum Gasteiger partial charge on any atom is -0.443 e. The van der Waals surface area contributed by atoms with Crippen LogP contribution in [-0.4, -0.2) is 36.5 Å². The Kier molecular flexibility index (Phi) is 3.93. The summed E-state index contributed by atoms with van der Waals surface area (Å²) in [5, 5.41) is 1.13. The molecule has 1 saturated heterocycles. The summed E-state index contributed by atoms with van der Waals surface area (Å²) in [6, 6.07) is 0. The van der Waals surface area contributed by atoms with Crippen LogP contribution in [0.3, 0.4) is 0 Å². The van der Waals surface area contributed by atoms with Crippen LogP contribution in [0, 0.1) is 5.92 Å². The molecular weight excluding hydrogens is 196 g/mol. The third-order valence-electron chi connectivity index (χ3n) is 2.11. The number of nitrogens with two attached hydrogens (primary N) is 1. The van der Waals surface area contributed by atoms with E-state index in [2.05, 4.69) is 0 Å². The minimum atomic E-state index is -0.499. The summed E-state index contributed by atoms with van der Waals surface area (Å²) < 4.78 is 10.3. The van der Waals surface area contributed by atoms with Gasteiger partial charge >= 0.3 is 6.09 Å². The van der Waals surface area contributed by atoms with E-state index in [1.165, 1.54) is 0 Å². The first-order valence-corrected chi connectivity index (χ1v) is 5.21. The van der Waals surface area contributed by atoms with Gasteiger partial charge in [-0.25, -0.2) is 15.6 Å². The molecule has 0 aromatic carbocycles. The predicted molar refractivity (Wildman–Crippen MR) is 56.1 cm³/mol. The van der Waals surface area contributed by atoms with E-state index in [0.29, 0.717) is 19.1 Å². The van der Waals surface area contributed by atoms with Crippen molar-refractivity contribution in [2.45, 2.75) is 32.8 Å². The van der Waals surface area contributed by atoms with Crippen molar-refractivity contribution in [3.8, 4) is 0 Å². The largest absolute Gasteiger partial charge is 0.443 e. The molecule has 1 heterocycles. The molecule has 0 aliphatic carbocycles. The number of nitrogens with zero attached hydrogens (tertiary/aromatic N) is 1. The molecule has 0 aromatic rings. The van der Waals surface area contributed by atoms with E-state index < -0.39 is 11.7 Å². The van der Waals surface area contributed by atoms with Crippen LogP contribution in [0.1, 0.15) is 27.2 Å². The monoisotopic (exact) mass is 216 g/mol. The van der Waals surface area contributed by atoms with Crippen LogP contribution >= 0.6 is 0 Å². The Balaban J connectivity index is 2.32. The minimum absolute atomic E-state index is 0.336. The van der Waals surface area contributed by atoms with Gasteiger partial charge in [0.2, 0.25) is 0 Å². The number of hydrogen-bond donors (Lipinski definition) is 1. The molecule has 0 bridgehead atoms. The van der Waals surface area contributed by atoms with Gasteiger partial charge in [0.25, 0.3) is 0 Å². The molecule has 1 amide bonds. The number of rotatable bonds is 2. The number of amides is 1. The molecule has 1 aliphatic rings. The molecule has 2 N–H and O–H groups in total. The molecule has 0 spiro atoms. The number of ether oxygens (including phenoxy) is 2. The van der Waals surface area contributed by atoms with Gasteiger partial charge in [0.15, 0.2) is 0 Å². The summed E-state index contributed by atoms with van der Waals surface area (Å²) in [5.74, 6) is 5.94. The fourth-order valence-corrected chi connectivity index (χ4v) is 1.40. The zero-order valence-corrected chi connectivity index (χ0v) is 9.66.